The number of amides is 1. The van der Waals surface area contributed by atoms with Crippen LogP contribution in [0, 0.1) is 13.8 Å². The molecule has 15 heavy (non-hydrogen) atoms. The topological polar surface area (TPSA) is 55.1 Å². The van der Waals surface area contributed by atoms with E-state index < -0.39 is 0 Å². The van der Waals surface area contributed by atoms with Gasteiger partial charge in [0.1, 0.15) is 0 Å². The van der Waals surface area contributed by atoms with Crippen LogP contribution in [-0.4, -0.2) is 18.5 Å². The minimum absolute atomic E-state index is 0.0155. The molecule has 0 fully saturated rings. The van der Waals surface area contributed by atoms with Gasteiger partial charge >= 0.3 is 0 Å². The van der Waals surface area contributed by atoms with Crippen LogP contribution in [0.25, 0.3) is 0 Å². The summed E-state index contributed by atoms with van der Waals surface area (Å²) in [7, 11) is 0. The fraction of sp³-hybridized carbons (Fsp3) is 0.417. The molecule has 0 saturated heterocycles. The lowest BCUT2D eigenvalue weighted by atomic mass is 10.0. The van der Waals surface area contributed by atoms with Crippen molar-refractivity contribution in [3.05, 3.63) is 34.9 Å². The molecule has 0 saturated carbocycles. The van der Waals surface area contributed by atoms with Gasteiger partial charge in [-0.1, -0.05) is 18.2 Å². The van der Waals surface area contributed by atoms with Crippen molar-refractivity contribution in [1.29, 1.82) is 0 Å². The van der Waals surface area contributed by atoms with Gasteiger partial charge in [0.25, 0.3) is 5.91 Å². The normalized spacial score (nSPS) is 12.3. The molecule has 1 aromatic rings. The van der Waals surface area contributed by atoms with E-state index in [1.807, 2.05) is 39.0 Å². The number of hydrogen-bond acceptors (Lipinski definition) is 2. The monoisotopic (exact) mass is 206 g/mol. The van der Waals surface area contributed by atoms with Crippen LogP contribution in [0.3, 0.4) is 0 Å². The molecule has 1 rings (SSSR count). The number of hydrogen-bond donors (Lipinski definition) is 2. The van der Waals surface area contributed by atoms with Gasteiger partial charge in [0, 0.05) is 18.2 Å². The molecular weight excluding hydrogens is 188 g/mol. The summed E-state index contributed by atoms with van der Waals surface area (Å²) in [5.74, 6) is -0.0390. The molecule has 1 amide bonds. The number of nitrogens with two attached hydrogens (primary N) is 1. The van der Waals surface area contributed by atoms with Crippen molar-refractivity contribution in [2.45, 2.75) is 26.8 Å². The molecule has 1 atom stereocenters. The molecule has 0 radical (unpaired) electrons. The summed E-state index contributed by atoms with van der Waals surface area (Å²) < 4.78 is 0. The Morgan fingerprint density at radius 3 is 2.40 bits per heavy atom. The summed E-state index contributed by atoms with van der Waals surface area (Å²) in [5, 5.41) is 2.82. The zero-order chi connectivity index (χ0) is 11.4. The van der Waals surface area contributed by atoms with Crippen LogP contribution in [0.1, 0.15) is 28.4 Å². The average Bonchev–Trinajstić information content (AvgIpc) is 2.14. The average molecular weight is 206 g/mol. The van der Waals surface area contributed by atoms with Gasteiger partial charge in [-0.2, -0.15) is 0 Å². The van der Waals surface area contributed by atoms with Gasteiger partial charge in [0.15, 0.2) is 0 Å². The lowest BCUT2D eigenvalue weighted by Crippen LogP contribution is -2.35. The van der Waals surface area contributed by atoms with E-state index in [0.29, 0.717) is 6.54 Å². The summed E-state index contributed by atoms with van der Waals surface area (Å²) in [6, 6.07) is 5.81. The van der Waals surface area contributed by atoms with Crippen LogP contribution in [0.2, 0.25) is 0 Å². The van der Waals surface area contributed by atoms with E-state index in [1.54, 1.807) is 0 Å². The van der Waals surface area contributed by atoms with Crippen molar-refractivity contribution in [2.75, 3.05) is 6.54 Å². The van der Waals surface area contributed by atoms with E-state index in [-0.39, 0.29) is 11.9 Å². The summed E-state index contributed by atoms with van der Waals surface area (Å²) in [5.41, 5.74) is 8.34. The van der Waals surface area contributed by atoms with Gasteiger partial charge in [-0.3, -0.25) is 4.79 Å². The van der Waals surface area contributed by atoms with Crippen LogP contribution in [0.15, 0.2) is 18.2 Å². The first-order chi connectivity index (χ1) is 7.02. The number of aryl methyl sites for hydroxylation is 2. The molecule has 0 aliphatic heterocycles. The van der Waals surface area contributed by atoms with E-state index >= 15 is 0 Å². The lowest BCUT2D eigenvalue weighted by Gasteiger charge is -2.11. The highest BCUT2D eigenvalue weighted by Gasteiger charge is 2.11. The Bertz CT molecular complexity index is 338. The first-order valence-electron chi connectivity index (χ1n) is 5.12. The third-order valence-electron chi connectivity index (χ3n) is 2.29. The van der Waals surface area contributed by atoms with Gasteiger partial charge < -0.3 is 11.1 Å². The highest BCUT2D eigenvalue weighted by molar-refractivity contribution is 5.97. The van der Waals surface area contributed by atoms with Gasteiger partial charge in [-0.05, 0) is 31.9 Å². The minimum Gasteiger partial charge on any atom is -0.350 e. The van der Waals surface area contributed by atoms with E-state index in [2.05, 4.69) is 5.32 Å². The Kier molecular flexibility index (Phi) is 3.86. The van der Waals surface area contributed by atoms with E-state index in [0.717, 1.165) is 16.7 Å². The highest BCUT2D eigenvalue weighted by Crippen LogP contribution is 2.12. The van der Waals surface area contributed by atoms with Crippen molar-refractivity contribution in [2.24, 2.45) is 5.73 Å². The lowest BCUT2D eigenvalue weighted by molar-refractivity contribution is 0.0950. The zero-order valence-corrected chi connectivity index (χ0v) is 9.50. The molecule has 0 aliphatic carbocycles. The predicted molar refractivity (Wildman–Crippen MR) is 61.9 cm³/mol. The predicted octanol–water partition coefficient (Wildman–Crippen LogP) is 1.38. The molecule has 0 heterocycles. The Balaban J connectivity index is 2.82. The van der Waals surface area contributed by atoms with Crippen molar-refractivity contribution in [3.8, 4) is 0 Å². The smallest absolute Gasteiger partial charge is 0.251 e. The summed E-state index contributed by atoms with van der Waals surface area (Å²) in [4.78, 5) is 11.8. The standard InChI is InChI=1S/C12H18N2O/c1-8-5-4-6-9(2)11(8)12(15)14-7-10(3)13/h4-6,10H,7,13H2,1-3H3,(H,14,15). The van der Waals surface area contributed by atoms with Crippen LogP contribution in [-0.2, 0) is 0 Å². The van der Waals surface area contributed by atoms with E-state index in [1.165, 1.54) is 0 Å². The zero-order valence-electron chi connectivity index (χ0n) is 9.50. The van der Waals surface area contributed by atoms with Crippen LogP contribution in [0.5, 0.6) is 0 Å². The quantitative estimate of drug-likeness (QED) is 0.785. The fourth-order valence-electron chi connectivity index (χ4n) is 1.51. The molecule has 0 aliphatic rings. The summed E-state index contributed by atoms with van der Waals surface area (Å²) >= 11 is 0. The summed E-state index contributed by atoms with van der Waals surface area (Å²) in [6.07, 6.45) is 0. The molecule has 3 heteroatoms. The van der Waals surface area contributed by atoms with E-state index in [9.17, 15) is 4.79 Å². The molecule has 0 bridgehead atoms. The van der Waals surface area contributed by atoms with Gasteiger partial charge in [0.2, 0.25) is 0 Å². The Labute approximate surface area is 90.7 Å². The van der Waals surface area contributed by atoms with Crippen molar-refractivity contribution < 1.29 is 4.79 Å². The first-order valence-corrected chi connectivity index (χ1v) is 5.12. The van der Waals surface area contributed by atoms with Crippen LogP contribution < -0.4 is 11.1 Å². The van der Waals surface area contributed by atoms with Crippen molar-refractivity contribution in [3.63, 3.8) is 0 Å². The SMILES string of the molecule is Cc1cccc(C)c1C(=O)NCC(C)N. The van der Waals surface area contributed by atoms with E-state index in [4.69, 9.17) is 5.73 Å². The Morgan fingerprint density at radius 1 is 1.40 bits per heavy atom. The molecule has 0 spiro atoms. The number of carbonyl (C=O) groups excluding carboxylic acids is 1. The maximum Gasteiger partial charge on any atom is 0.251 e. The first kappa shape index (κ1) is 11.7. The summed E-state index contributed by atoms with van der Waals surface area (Å²) in [6.45, 7) is 6.25. The van der Waals surface area contributed by atoms with Gasteiger partial charge in [0.05, 0.1) is 0 Å². The second kappa shape index (κ2) is 4.94. The fourth-order valence-corrected chi connectivity index (χ4v) is 1.51. The van der Waals surface area contributed by atoms with Crippen molar-refractivity contribution in [1.82, 2.24) is 5.32 Å². The van der Waals surface area contributed by atoms with Crippen LogP contribution >= 0.6 is 0 Å². The third kappa shape index (κ3) is 3.06. The second-order valence-electron chi connectivity index (χ2n) is 3.95. The third-order valence-corrected chi connectivity index (χ3v) is 2.29. The number of benzene rings is 1. The second-order valence-corrected chi connectivity index (χ2v) is 3.95. The molecule has 1 unspecified atom stereocenters. The van der Waals surface area contributed by atoms with Crippen LogP contribution in [0.4, 0.5) is 0 Å². The van der Waals surface area contributed by atoms with Gasteiger partial charge in [-0.15, -0.1) is 0 Å². The maximum absolute atomic E-state index is 11.8. The largest absolute Gasteiger partial charge is 0.350 e. The number of rotatable bonds is 3. The maximum atomic E-state index is 11.8. The van der Waals surface area contributed by atoms with Crippen molar-refractivity contribution >= 4 is 5.91 Å². The Hall–Kier alpha value is -1.35. The molecule has 0 aromatic heterocycles. The highest BCUT2D eigenvalue weighted by atomic mass is 16.1. The molecular formula is C12H18N2O. The number of carbonyl (C=O) groups is 1. The minimum atomic E-state index is -0.0390. The number of nitrogens with one attached hydrogen (secondary N) is 1. The molecule has 82 valence electrons. The van der Waals surface area contributed by atoms with Gasteiger partial charge in [-0.25, -0.2) is 0 Å². The molecule has 3 nitrogen and oxygen atoms in total. The molecule has 1 aromatic carbocycles. The Morgan fingerprint density at radius 2 is 1.93 bits per heavy atom. The molecule has 3 N–H and O–H groups in total.